The van der Waals surface area contributed by atoms with Gasteiger partial charge in [0.05, 0.1) is 0 Å². The molecule has 0 amide bonds. The third kappa shape index (κ3) is 12.2. The van der Waals surface area contributed by atoms with Crippen molar-refractivity contribution in [3.8, 4) is 11.5 Å². The number of hydrogen-bond donors (Lipinski definition) is 3. The predicted molar refractivity (Wildman–Crippen MR) is 109 cm³/mol. The maximum absolute atomic E-state index is 11.1. The zero-order chi connectivity index (χ0) is 20.1. The molecule has 0 heterocycles. The van der Waals surface area contributed by atoms with Crippen molar-refractivity contribution in [1.82, 2.24) is 0 Å². The van der Waals surface area contributed by atoms with E-state index in [2.05, 4.69) is 6.92 Å². The second-order valence-electron chi connectivity index (χ2n) is 7.42. The van der Waals surface area contributed by atoms with Crippen LogP contribution in [-0.2, 0) is 16.5 Å². The van der Waals surface area contributed by atoms with Gasteiger partial charge in [-0.05, 0) is 24.5 Å². The molecule has 0 radical (unpaired) electrons. The summed E-state index contributed by atoms with van der Waals surface area (Å²) in [4.78, 5) is -0.658. The molecule has 0 aliphatic carbocycles. The van der Waals surface area contributed by atoms with E-state index in [-0.39, 0.29) is 57.1 Å². The summed E-state index contributed by atoms with van der Waals surface area (Å²) in [6.45, 7) is 2.24. The molecule has 0 saturated heterocycles. The van der Waals surface area contributed by atoms with Crippen LogP contribution in [0.1, 0.15) is 96.0 Å². The van der Waals surface area contributed by atoms with Crippen LogP contribution in [0, 0.1) is 0 Å². The summed E-state index contributed by atoms with van der Waals surface area (Å²) in [6, 6.07) is 2.13. The van der Waals surface area contributed by atoms with E-state index in [1.54, 1.807) is 0 Å². The first-order valence-corrected chi connectivity index (χ1v) is 11.8. The Morgan fingerprint density at radius 3 is 1.57 bits per heavy atom. The summed E-state index contributed by atoms with van der Waals surface area (Å²) in [5, 5.41) is 19.6. The van der Waals surface area contributed by atoms with E-state index in [0.29, 0.717) is 12.0 Å². The smallest absolute Gasteiger partial charge is 0.508 e. The molecular weight excluding hydrogens is 403 g/mol. The van der Waals surface area contributed by atoms with Gasteiger partial charge >= 0.3 is 51.4 Å². The van der Waals surface area contributed by atoms with Crippen molar-refractivity contribution >= 4 is 10.1 Å². The van der Waals surface area contributed by atoms with E-state index in [4.69, 9.17) is 4.55 Å². The molecule has 0 bridgehead atoms. The SMILES string of the molecule is CCCCCCCCCCCCCCCc1cc(O)c(S(=O)(=O)O)cc1O.[K+]. The van der Waals surface area contributed by atoms with Crippen molar-refractivity contribution in [2.45, 2.75) is 102 Å². The zero-order valence-electron chi connectivity index (χ0n) is 17.6. The van der Waals surface area contributed by atoms with Crippen LogP contribution < -0.4 is 51.4 Å². The molecule has 0 aliphatic heterocycles. The molecule has 5 nitrogen and oxygen atoms in total. The van der Waals surface area contributed by atoms with E-state index < -0.39 is 20.8 Å². The van der Waals surface area contributed by atoms with Crippen molar-refractivity contribution < 1.29 is 74.6 Å². The van der Waals surface area contributed by atoms with Crippen LogP contribution in [0.15, 0.2) is 17.0 Å². The second-order valence-corrected chi connectivity index (χ2v) is 8.81. The molecule has 0 unspecified atom stereocenters. The summed E-state index contributed by atoms with van der Waals surface area (Å²) in [5.41, 5.74) is 0.503. The molecular formula is C21H36KO5S+. The summed E-state index contributed by atoms with van der Waals surface area (Å²) in [5.74, 6) is -0.737. The Bertz CT molecular complexity index is 646. The Kier molecular flexibility index (Phi) is 16.3. The fourth-order valence-electron chi connectivity index (χ4n) is 3.34. The van der Waals surface area contributed by atoms with Crippen LogP contribution in [0.4, 0.5) is 0 Å². The second kappa shape index (κ2) is 16.1. The Hall–Kier alpha value is 0.366. The maximum atomic E-state index is 11.1. The Morgan fingerprint density at radius 2 is 1.14 bits per heavy atom. The third-order valence-corrected chi connectivity index (χ3v) is 5.87. The van der Waals surface area contributed by atoms with Gasteiger partial charge in [0, 0.05) is 6.07 Å². The zero-order valence-corrected chi connectivity index (χ0v) is 21.6. The van der Waals surface area contributed by atoms with Crippen LogP contribution in [0.3, 0.4) is 0 Å². The first kappa shape index (κ1) is 28.4. The molecule has 0 saturated carbocycles. The molecule has 3 N–H and O–H groups in total. The largest absolute Gasteiger partial charge is 1.00 e. The van der Waals surface area contributed by atoms with Crippen LogP contribution in [0.25, 0.3) is 0 Å². The fourth-order valence-corrected chi connectivity index (χ4v) is 3.92. The van der Waals surface area contributed by atoms with E-state index >= 15 is 0 Å². The minimum absolute atomic E-state index is 0. The Morgan fingerprint density at radius 1 is 0.714 bits per heavy atom. The summed E-state index contributed by atoms with van der Waals surface area (Å²) in [7, 11) is -4.53. The van der Waals surface area contributed by atoms with Gasteiger partial charge in [-0.1, -0.05) is 84.0 Å². The molecule has 1 rings (SSSR count). The van der Waals surface area contributed by atoms with Gasteiger partial charge in [0.25, 0.3) is 10.1 Å². The molecule has 156 valence electrons. The first-order chi connectivity index (χ1) is 12.9. The maximum Gasteiger partial charge on any atom is 1.00 e. The van der Waals surface area contributed by atoms with E-state index in [1.165, 1.54) is 70.3 Å². The third-order valence-electron chi connectivity index (χ3n) is 4.99. The summed E-state index contributed by atoms with van der Waals surface area (Å²) in [6.07, 6.45) is 16.9. The number of unbranched alkanes of at least 4 members (excludes halogenated alkanes) is 12. The van der Waals surface area contributed by atoms with Crippen LogP contribution in [0.2, 0.25) is 0 Å². The Labute approximate surface area is 213 Å². The van der Waals surface area contributed by atoms with Gasteiger partial charge in [0.15, 0.2) is 0 Å². The van der Waals surface area contributed by atoms with Crippen molar-refractivity contribution in [1.29, 1.82) is 0 Å². The molecule has 28 heavy (non-hydrogen) atoms. The quantitative estimate of drug-likeness (QED) is 0.169. The monoisotopic (exact) mass is 439 g/mol. The van der Waals surface area contributed by atoms with E-state index in [9.17, 15) is 18.6 Å². The van der Waals surface area contributed by atoms with Gasteiger partial charge in [-0.3, -0.25) is 4.55 Å². The minimum atomic E-state index is -4.53. The molecule has 0 atom stereocenters. The van der Waals surface area contributed by atoms with E-state index in [1.807, 2.05) is 0 Å². The number of phenolic OH excluding ortho intramolecular Hbond substituents is 2. The normalized spacial score (nSPS) is 11.4. The van der Waals surface area contributed by atoms with Gasteiger partial charge in [-0.2, -0.15) is 8.42 Å². The van der Waals surface area contributed by atoms with E-state index in [0.717, 1.165) is 25.3 Å². The number of hydrogen-bond acceptors (Lipinski definition) is 4. The average Bonchev–Trinajstić information content (AvgIpc) is 2.60. The first-order valence-electron chi connectivity index (χ1n) is 10.4. The molecule has 0 aliphatic rings. The number of aromatic hydroxyl groups is 2. The summed E-state index contributed by atoms with van der Waals surface area (Å²) >= 11 is 0. The van der Waals surface area contributed by atoms with Crippen molar-refractivity contribution in [2.24, 2.45) is 0 Å². The van der Waals surface area contributed by atoms with Gasteiger partial charge in [0.2, 0.25) is 0 Å². The number of aryl methyl sites for hydroxylation is 1. The molecule has 0 spiro atoms. The van der Waals surface area contributed by atoms with Gasteiger partial charge < -0.3 is 10.2 Å². The van der Waals surface area contributed by atoms with Gasteiger partial charge in [0.1, 0.15) is 16.4 Å². The molecule has 1 aromatic rings. The van der Waals surface area contributed by atoms with Gasteiger partial charge in [-0.25, -0.2) is 0 Å². The Balaban J connectivity index is 0.00000729. The van der Waals surface area contributed by atoms with Crippen LogP contribution in [-0.4, -0.2) is 23.2 Å². The number of rotatable bonds is 15. The van der Waals surface area contributed by atoms with Gasteiger partial charge in [-0.15, -0.1) is 0 Å². The van der Waals surface area contributed by atoms with Crippen molar-refractivity contribution in [3.63, 3.8) is 0 Å². The minimum Gasteiger partial charge on any atom is -0.508 e. The molecule has 7 heteroatoms. The number of phenols is 2. The molecule has 0 fully saturated rings. The predicted octanol–water partition coefficient (Wildman–Crippen LogP) is 2.98. The van der Waals surface area contributed by atoms with Crippen molar-refractivity contribution in [2.75, 3.05) is 0 Å². The fraction of sp³-hybridized carbons (Fsp3) is 0.714. The number of benzene rings is 1. The van der Waals surface area contributed by atoms with Crippen LogP contribution in [0.5, 0.6) is 11.5 Å². The summed E-state index contributed by atoms with van der Waals surface area (Å²) < 4.78 is 31.2. The van der Waals surface area contributed by atoms with Crippen LogP contribution >= 0.6 is 0 Å². The average molecular weight is 440 g/mol. The molecule has 0 aromatic heterocycles. The standard InChI is InChI=1S/C21H36O5S.K/c1-2-3-4-5-6-7-8-9-10-11-12-13-14-15-18-16-20(23)21(17-19(18)22)27(24,25)26;/h16-17,22-23H,2-15H2,1H3,(H,24,25,26);/q;+1. The van der Waals surface area contributed by atoms with Crippen molar-refractivity contribution in [3.05, 3.63) is 17.7 Å². The molecule has 1 aromatic carbocycles. The topological polar surface area (TPSA) is 94.8 Å².